The van der Waals surface area contributed by atoms with Crippen molar-refractivity contribution in [2.75, 3.05) is 19.0 Å². The molecule has 0 saturated heterocycles. The Morgan fingerprint density at radius 3 is 2.86 bits per heavy atom. The third kappa shape index (κ3) is 3.79. The summed E-state index contributed by atoms with van der Waals surface area (Å²) >= 11 is 6.06. The number of nitrogens with zero attached hydrogens (tertiary/aromatic N) is 1. The molecule has 1 aromatic rings. The van der Waals surface area contributed by atoms with E-state index in [2.05, 4.69) is 16.7 Å². The molecular formula is C15H18ClN3O2. The molecule has 1 fully saturated rings. The molecule has 0 heterocycles. The number of hydrogen-bond acceptors (Lipinski definition) is 4. The summed E-state index contributed by atoms with van der Waals surface area (Å²) in [7, 11) is 1.56. The van der Waals surface area contributed by atoms with Crippen molar-refractivity contribution in [2.45, 2.75) is 25.3 Å². The molecule has 21 heavy (non-hydrogen) atoms. The fourth-order valence-electron chi connectivity index (χ4n) is 2.16. The Balaban J connectivity index is 1.94. The van der Waals surface area contributed by atoms with Crippen LogP contribution in [0.15, 0.2) is 18.2 Å². The second-order valence-electron chi connectivity index (χ2n) is 5.34. The predicted octanol–water partition coefficient (Wildman–Crippen LogP) is 2.57. The molecular weight excluding hydrogens is 290 g/mol. The lowest BCUT2D eigenvalue weighted by Crippen LogP contribution is -2.48. The van der Waals surface area contributed by atoms with E-state index in [0.717, 1.165) is 12.8 Å². The van der Waals surface area contributed by atoms with Crippen LogP contribution in [-0.2, 0) is 4.79 Å². The van der Waals surface area contributed by atoms with Gasteiger partial charge in [-0.25, -0.2) is 0 Å². The molecule has 6 heteroatoms. The maximum Gasteiger partial charge on any atom is 0.240 e. The van der Waals surface area contributed by atoms with Crippen LogP contribution in [0, 0.1) is 17.2 Å². The third-order valence-corrected chi connectivity index (χ3v) is 3.97. The van der Waals surface area contributed by atoms with Crippen molar-refractivity contribution in [2.24, 2.45) is 5.92 Å². The number of nitrogens with one attached hydrogen (secondary N) is 2. The van der Waals surface area contributed by atoms with E-state index in [-0.39, 0.29) is 18.4 Å². The number of halogens is 1. The maximum absolute atomic E-state index is 12.0. The van der Waals surface area contributed by atoms with Crippen molar-refractivity contribution < 1.29 is 9.53 Å². The zero-order valence-corrected chi connectivity index (χ0v) is 12.8. The lowest BCUT2D eigenvalue weighted by atomic mass is 9.98. The van der Waals surface area contributed by atoms with Crippen LogP contribution in [0.2, 0.25) is 5.02 Å². The minimum Gasteiger partial charge on any atom is -0.497 e. The molecule has 0 bridgehead atoms. The number of rotatable bonds is 6. The van der Waals surface area contributed by atoms with Crippen molar-refractivity contribution in [1.82, 2.24) is 5.32 Å². The predicted molar refractivity (Wildman–Crippen MR) is 81.4 cm³/mol. The van der Waals surface area contributed by atoms with E-state index < -0.39 is 5.54 Å². The number of carbonyl (C=O) groups is 1. The Hall–Kier alpha value is -1.93. The molecule has 1 atom stereocenters. The smallest absolute Gasteiger partial charge is 0.240 e. The highest BCUT2D eigenvalue weighted by Crippen LogP contribution is 2.39. The van der Waals surface area contributed by atoms with Crippen molar-refractivity contribution in [3.63, 3.8) is 0 Å². The van der Waals surface area contributed by atoms with E-state index in [4.69, 9.17) is 16.3 Å². The average Bonchev–Trinajstić information content (AvgIpc) is 3.31. The Bertz CT molecular complexity index is 581. The van der Waals surface area contributed by atoms with Crippen LogP contribution in [0.5, 0.6) is 5.75 Å². The normalized spacial score (nSPS) is 16.5. The van der Waals surface area contributed by atoms with Gasteiger partial charge in [0.25, 0.3) is 0 Å². The lowest BCUT2D eigenvalue weighted by molar-refractivity contribution is -0.120. The summed E-state index contributed by atoms with van der Waals surface area (Å²) in [5.74, 6) is 0.679. The number of carbonyl (C=O) groups excluding carboxylic acids is 1. The van der Waals surface area contributed by atoms with E-state index in [0.29, 0.717) is 16.5 Å². The Kier molecular flexibility index (Phi) is 4.59. The van der Waals surface area contributed by atoms with E-state index in [1.165, 1.54) is 0 Å². The molecule has 1 saturated carbocycles. The Morgan fingerprint density at radius 2 is 2.29 bits per heavy atom. The molecule has 2 rings (SSSR count). The number of anilines is 1. The van der Waals surface area contributed by atoms with Crippen molar-refractivity contribution in [1.29, 1.82) is 5.26 Å². The van der Waals surface area contributed by atoms with Gasteiger partial charge in [0.15, 0.2) is 0 Å². The van der Waals surface area contributed by atoms with E-state index in [9.17, 15) is 10.1 Å². The Labute approximate surface area is 129 Å². The van der Waals surface area contributed by atoms with Gasteiger partial charge in [-0.15, -0.1) is 0 Å². The van der Waals surface area contributed by atoms with Crippen LogP contribution >= 0.6 is 11.6 Å². The number of nitriles is 1. The fraction of sp³-hybridized carbons (Fsp3) is 0.467. The Morgan fingerprint density at radius 1 is 1.57 bits per heavy atom. The van der Waals surface area contributed by atoms with Crippen molar-refractivity contribution in [3.8, 4) is 11.8 Å². The summed E-state index contributed by atoms with van der Waals surface area (Å²) < 4.78 is 5.11. The SMILES string of the molecule is COc1ccc(Cl)c(NCC(=O)N[C@](C)(C#N)C2CC2)c1. The number of benzene rings is 1. The third-order valence-electron chi connectivity index (χ3n) is 3.64. The molecule has 0 spiro atoms. The first-order chi connectivity index (χ1) is 9.98. The molecule has 0 unspecified atom stereocenters. The summed E-state index contributed by atoms with van der Waals surface area (Å²) in [6, 6.07) is 7.36. The van der Waals surface area contributed by atoms with Gasteiger partial charge in [-0.1, -0.05) is 11.6 Å². The summed E-state index contributed by atoms with van der Waals surface area (Å²) in [6.45, 7) is 1.82. The van der Waals surface area contributed by atoms with Crippen LogP contribution in [0.1, 0.15) is 19.8 Å². The second kappa shape index (κ2) is 6.23. The van der Waals surface area contributed by atoms with Crippen molar-refractivity contribution >= 4 is 23.2 Å². The largest absolute Gasteiger partial charge is 0.497 e. The monoisotopic (exact) mass is 307 g/mol. The molecule has 0 aromatic heterocycles. The number of ether oxygens (including phenoxy) is 1. The minimum atomic E-state index is -0.781. The molecule has 1 aliphatic rings. The van der Waals surface area contributed by atoms with Gasteiger partial charge in [-0.3, -0.25) is 4.79 Å². The van der Waals surface area contributed by atoms with Crippen molar-refractivity contribution in [3.05, 3.63) is 23.2 Å². The van der Waals surface area contributed by atoms with Crippen LogP contribution in [0.4, 0.5) is 5.69 Å². The van der Waals surface area contributed by atoms with Crippen LogP contribution in [0.3, 0.4) is 0 Å². The molecule has 1 aliphatic carbocycles. The van der Waals surface area contributed by atoms with Gasteiger partial charge in [-0.05, 0) is 37.8 Å². The zero-order valence-electron chi connectivity index (χ0n) is 12.1. The van der Waals surface area contributed by atoms with E-state index in [1.807, 2.05) is 0 Å². The quantitative estimate of drug-likeness (QED) is 0.847. The van der Waals surface area contributed by atoms with E-state index in [1.54, 1.807) is 32.2 Å². The lowest BCUT2D eigenvalue weighted by Gasteiger charge is -2.23. The van der Waals surface area contributed by atoms with Gasteiger partial charge in [-0.2, -0.15) is 5.26 Å². The minimum absolute atomic E-state index is 0.0525. The second-order valence-corrected chi connectivity index (χ2v) is 5.74. The van der Waals surface area contributed by atoms with Gasteiger partial charge < -0.3 is 15.4 Å². The first-order valence-electron chi connectivity index (χ1n) is 6.78. The highest BCUT2D eigenvalue weighted by molar-refractivity contribution is 6.33. The fourth-order valence-corrected chi connectivity index (χ4v) is 2.34. The number of hydrogen-bond donors (Lipinski definition) is 2. The summed E-state index contributed by atoms with van der Waals surface area (Å²) in [5.41, 5.74) is -0.159. The molecule has 0 aliphatic heterocycles. The van der Waals surface area contributed by atoms with Gasteiger partial charge in [0.1, 0.15) is 11.3 Å². The molecule has 112 valence electrons. The van der Waals surface area contributed by atoms with E-state index >= 15 is 0 Å². The topological polar surface area (TPSA) is 74.2 Å². The van der Waals surface area contributed by atoms with Crippen LogP contribution < -0.4 is 15.4 Å². The van der Waals surface area contributed by atoms with Crippen LogP contribution in [-0.4, -0.2) is 25.1 Å². The van der Waals surface area contributed by atoms with Crippen LogP contribution in [0.25, 0.3) is 0 Å². The first kappa shape index (κ1) is 15.5. The molecule has 1 amide bonds. The first-order valence-corrected chi connectivity index (χ1v) is 7.16. The zero-order chi connectivity index (χ0) is 15.5. The molecule has 0 radical (unpaired) electrons. The van der Waals surface area contributed by atoms with Gasteiger partial charge in [0.2, 0.25) is 5.91 Å². The maximum atomic E-state index is 12.0. The van der Waals surface area contributed by atoms with Gasteiger partial charge in [0.05, 0.1) is 30.4 Å². The number of amides is 1. The average molecular weight is 308 g/mol. The standard InChI is InChI=1S/C15H18ClN3O2/c1-15(9-17,10-3-4-10)19-14(20)8-18-13-7-11(21-2)5-6-12(13)16/h5-7,10,18H,3-4,8H2,1-2H3,(H,19,20)/t15-/m1/s1. The highest BCUT2D eigenvalue weighted by Gasteiger charge is 2.42. The van der Waals surface area contributed by atoms with Gasteiger partial charge >= 0.3 is 0 Å². The number of methoxy groups -OCH3 is 1. The summed E-state index contributed by atoms with van der Waals surface area (Å²) in [6.07, 6.45) is 1.97. The highest BCUT2D eigenvalue weighted by atomic mass is 35.5. The molecule has 2 N–H and O–H groups in total. The van der Waals surface area contributed by atoms with Gasteiger partial charge in [0, 0.05) is 6.07 Å². The molecule has 1 aromatic carbocycles. The molecule has 5 nitrogen and oxygen atoms in total. The summed E-state index contributed by atoms with van der Waals surface area (Å²) in [4.78, 5) is 12.0. The summed E-state index contributed by atoms with van der Waals surface area (Å²) in [5, 5.41) is 15.5.